The van der Waals surface area contributed by atoms with E-state index in [1.165, 1.54) is 71.2 Å². The van der Waals surface area contributed by atoms with E-state index >= 15 is 0 Å². The van der Waals surface area contributed by atoms with Crippen molar-refractivity contribution >= 4 is 27.1 Å². The van der Waals surface area contributed by atoms with Crippen LogP contribution in [0.25, 0.3) is 27.1 Å². The van der Waals surface area contributed by atoms with E-state index in [4.69, 9.17) is 0 Å². The van der Waals surface area contributed by atoms with Crippen LogP contribution >= 0.6 is 0 Å². The van der Waals surface area contributed by atoms with Crippen LogP contribution in [0.5, 0.6) is 0 Å². The third-order valence-electron chi connectivity index (χ3n) is 10.4. The van der Waals surface area contributed by atoms with Gasteiger partial charge in [-0.25, -0.2) is 0 Å². The van der Waals surface area contributed by atoms with Crippen molar-refractivity contribution in [3.63, 3.8) is 0 Å². The number of halogens is 2. The minimum absolute atomic E-state index is 0. The molecular weight excluding hydrogens is 595 g/mol. The van der Waals surface area contributed by atoms with Gasteiger partial charge in [0.1, 0.15) is 0 Å². The van der Waals surface area contributed by atoms with Crippen molar-refractivity contribution in [3.05, 3.63) is 70.8 Å². The fraction of sp³-hybridized carbons (Fsp3) is 0.528. The first-order valence-corrected chi connectivity index (χ1v) is 14.6. The van der Waals surface area contributed by atoms with Gasteiger partial charge in [-0.15, -0.1) is 33.7 Å². The van der Waals surface area contributed by atoms with Crippen LogP contribution in [0.4, 0.5) is 0 Å². The molecule has 205 valence electrons. The number of fused-ring (bicyclic) bond motifs is 3. The zero-order valence-corrected chi connectivity index (χ0v) is 28.5. The molecule has 5 aliphatic rings. The Morgan fingerprint density at radius 3 is 1.92 bits per heavy atom. The van der Waals surface area contributed by atoms with Crippen LogP contribution in [0.3, 0.4) is 0 Å². The van der Waals surface area contributed by atoms with Crippen molar-refractivity contribution in [3.8, 4) is 0 Å². The molecule has 0 N–H and O–H groups in total. The third kappa shape index (κ3) is 5.00. The van der Waals surface area contributed by atoms with Crippen LogP contribution in [0.15, 0.2) is 54.1 Å². The van der Waals surface area contributed by atoms with E-state index < -0.39 is 0 Å². The second kappa shape index (κ2) is 10.5. The Kier molecular flexibility index (Phi) is 8.41. The van der Waals surface area contributed by atoms with Gasteiger partial charge in [0.05, 0.1) is 0 Å². The zero-order chi connectivity index (χ0) is 25.0. The maximum atomic E-state index is 2.58. The molecule has 0 aliphatic heterocycles. The summed E-state index contributed by atoms with van der Waals surface area (Å²) in [6, 6.07) is 14.6. The van der Waals surface area contributed by atoms with Crippen LogP contribution in [0, 0.1) is 23.2 Å². The Hall–Kier alpha value is -0.747. The molecule has 3 heteroatoms. The SMILES string of the molecule is CC(C)(C)c1ccc2c(c1)[cH-]c1c(C3=C(C45CC6CC(CC(C6)C4)C5)C=CC3)c(C(C)(C)C)ccc12.[Cl-].[Cl-].[Zr+3]. The summed E-state index contributed by atoms with van der Waals surface area (Å²) in [5.74, 6) is 2.94. The molecule has 3 aromatic carbocycles. The van der Waals surface area contributed by atoms with Gasteiger partial charge in [-0.05, 0) is 84.5 Å². The second-order valence-corrected chi connectivity index (χ2v) is 15.1. The molecular formula is C36H43Cl2Zr. The van der Waals surface area contributed by atoms with Crippen molar-refractivity contribution in [2.45, 2.75) is 97.3 Å². The Morgan fingerprint density at radius 1 is 0.769 bits per heavy atom. The molecule has 39 heavy (non-hydrogen) atoms. The van der Waals surface area contributed by atoms with Crippen LogP contribution in [-0.4, -0.2) is 0 Å². The third-order valence-corrected chi connectivity index (χ3v) is 10.4. The Bertz CT molecular complexity index is 1420. The van der Waals surface area contributed by atoms with Gasteiger partial charge in [-0.3, -0.25) is 0 Å². The van der Waals surface area contributed by atoms with Gasteiger partial charge in [0.25, 0.3) is 0 Å². The molecule has 4 bridgehead atoms. The van der Waals surface area contributed by atoms with Gasteiger partial charge in [-0.1, -0.05) is 100 Å². The molecule has 0 atom stereocenters. The minimum Gasteiger partial charge on any atom is -1.00 e. The molecule has 0 amide bonds. The smallest absolute Gasteiger partial charge is 1.00 e. The summed E-state index contributed by atoms with van der Waals surface area (Å²) in [6.07, 6.45) is 15.1. The molecule has 0 heterocycles. The van der Waals surface area contributed by atoms with E-state index in [1.807, 2.05) is 0 Å². The molecule has 3 aromatic rings. The van der Waals surface area contributed by atoms with E-state index in [0.29, 0.717) is 5.41 Å². The predicted octanol–water partition coefficient (Wildman–Crippen LogP) is 4.24. The van der Waals surface area contributed by atoms with Gasteiger partial charge in [0.15, 0.2) is 0 Å². The van der Waals surface area contributed by atoms with Crippen LogP contribution in [0.1, 0.15) is 103 Å². The van der Waals surface area contributed by atoms with Crippen molar-refractivity contribution in [1.82, 2.24) is 0 Å². The summed E-state index contributed by atoms with van der Waals surface area (Å²) >= 11 is 0. The fourth-order valence-corrected chi connectivity index (χ4v) is 9.18. The Balaban J connectivity index is 0.00000118. The number of allylic oxidation sites excluding steroid dienone is 4. The first-order valence-electron chi connectivity index (χ1n) is 14.6. The van der Waals surface area contributed by atoms with E-state index in [9.17, 15) is 0 Å². The number of rotatable bonds is 2. The van der Waals surface area contributed by atoms with Gasteiger partial charge in [0.2, 0.25) is 0 Å². The summed E-state index contributed by atoms with van der Waals surface area (Å²) in [4.78, 5) is 0. The van der Waals surface area contributed by atoms with E-state index in [2.05, 4.69) is 90.1 Å². The topological polar surface area (TPSA) is 0 Å². The molecule has 0 spiro atoms. The average molecular weight is 638 g/mol. The maximum absolute atomic E-state index is 2.58. The first kappa shape index (κ1) is 31.2. The van der Waals surface area contributed by atoms with E-state index in [1.54, 1.807) is 16.7 Å². The molecule has 1 radical (unpaired) electrons. The zero-order valence-electron chi connectivity index (χ0n) is 24.6. The van der Waals surface area contributed by atoms with Crippen LogP contribution < -0.4 is 24.8 Å². The monoisotopic (exact) mass is 635 g/mol. The fourth-order valence-electron chi connectivity index (χ4n) is 9.18. The van der Waals surface area contributed by atoms with Gasteiger partial charge in [-0.2, -0.15) is 0 Å². The Morgan fingerprint density at radius 2 is 1.36 bits per heavy atom. The molecule has 5 aliphatic carbocycles. The normalized spacial score (nSPS) is 27.6. The Labute approximate surface area is 267 Å². The molecule has 0 aromatic heterocycles. The summed E-state index contributed by atoms with van der Waals surface area (Å²) in [5.41, 5.74) is 8.66. The number of hydrogen-bond acceptors (Lipinski definition) is 0. The van der Waals surface area contributed by atoms with Crippen LogP contribution in [0.2, 0.25) is 0 Å². The molecule has 0 unspecified atom stereocenters. The van der Waals surface area contributed by atoms with Crippen molar-refractivity contribution in [2.24, 2.45) is 23.2 Å². The maximum Gasteiger partial charge on any atom is 3.00 e. The number of hydrogen-bond donors (Lipinski definition) is 0. The van der Waals surface area contributed by atoms with Crippen LogP contribution in [-0.2, 0) is 37.0 Å². The molecule has 0 saturated heterocycles. The first-order chi connectivity index (χ1) is 17.0. The van der Waals surface area contributed by atoms with E-state index in [0.717, 1.165) is 24.2 Å². The summed E-state index contributed by atoms with van der Waals surface area (Å²) in [5, 5.41) is 5.76. The average Bonchev–Trinajstić information content (AvgIpc) is 3.41. The minimum atomic E-state index is 0. The standard InChI is InChI=1S/C36H43.2ClH.Zr/c1-34(2,3)26-10-11-27-25(17-26)18-30-28(27)12-13-32(35(4,5)6)33(30)29-8-7-9-31(29)36-19-22-14-23(20-36)16-24(15-22)21-36;;;/h7,9-13,17-18,22-24H,8,14-16,19-21H2,1-6H3;2*1H;/q-1;;;+3/p-2. The second-order valence-electron chi connectivity index (χ2n) is 15.1. The van der Waals surface area contributed by atoms with Crippen molar-refractivity contribution in [1.29, 1.82) is 0 Å². The van der Waals surface area contributed by atoms with Gasteiger partial charge >= 0.3 is 26.2 Å². The molecule has 0 nitrogen and oxygen atoms in total. The summed E-state index contributed by atoms with van der Waals surface area (Å²) in [6.45, 7) is 14.2. The van der Waals surface area contributed by atoms with E-state index in [-0.39, 0.29) is 61.8 Å². The predicted molar refractivity (Wildman–Crippen MR) is 156 cm³/mol. The van der Waals surface area contributed by atoms with Gasteiger partial charge in [0, 0.05) is 0 Å². The van der Waals surface area contributed by atoms with Gasteiger partial charge < -0.3 is 24.8 Å². The number of benzene rings is 2. The summed E-state index contributed by atoms with van der Waals surface area (Å²) < 4.78 is 0. The van der Waals surface area contributed by atoms with Crippen molar-refractivity contribution < 1.29 is 51.0 Å². The quantitative estimate of drug-likeness (QED) is 0.369. The van der Waals surface area contributed by atoms with Crippen molar-refractivity contribution in [2.75, 3.05) is 0 Å². The summed E-state index contributed by atoms with van der Waals surface area (Å²) in [7, 11) is 0. The molecule has 4 saturated carbocycles. The molecule has 4 fully saturated rings. The molecule has 8 rings (SSSR count). The largest absolute Gasteiger partial charge is 3.00 e.